The molecular formula is C47H66N2O11. The number of hydrogen-bond donors (Lipinski definition) is 5. The number of phenolic OH excluding ortho intramolecular Hbond substituents is 1. The number of para-hydroxylation sites is 1. The quantitative estimate of drug-likeness (QED) is 0.0634. The number of carbonyl (C=O) groups excluding carboxylic acids is 4. The maximum atomic E-state index is 14.0. The maximum absolute atomic E-state index is 14.0. The number of fused-ring (bicyclic) bond motifs is 1. The highest BCUT2D eigenvalue weighted by Crippen LogP contribution is 2.43. The van der Waals surface area contributed by atoms with E-state index in [0.717, 1.165) is 49.7 Å². The Kier molecular flexibility index (Phi) is 18.3. The normalized spacial score (nSPS) is 20.1. The van der Waals surface area contributed by atoms with E-state index >= 15 is 0 Å². The Balaban J connectivity index is 1.54. The number of carbonyl (C=O) groups is 4. The molecule has 2 aliphatic rings. The van der Waals surface area contributed by atoms with Gasteiger partial charge >= 0.3 is 11.9 Å². The highest BCUT2D eigenvalue weighted by Gasteiger charge is 2.52. The van der Waals surface area contributed by atoms with Gasteiger partial charge in [0.15, 0.2) is 5.79 Å². The Morgan fingerprint density at radius 1 is 0.967 bits per heavy atom. The van der Waals surface area contributed by atoms with Crippen molar-refractivity contribution in [3.63, 3.8) is 0 Å². The lowest BCUT2D eigenvalue weighted by Gasteiger charge is -2.32. The fraction of sp³-hybridized carbons (Fsp3) is 0.574. The number of rotatable bonds is 22. The van der Waals surface area contributed by atoms with Crippen LogP contribution in [-0.2, 0) is 39.8 Å². The van der Waals surface area contributed by atoms with Gasteiger partial charge in [0, 0.05) is 31.3 Å². The van der Waals surface area contributed by atoms with Crippen LogP contribution in [0.4, 0.5) is 0 Å². The van der Waals surface area contributed by atoms with E-state index in [2.05, 4.69) is 24.5 Å². The zero-order valence-corrected chi connectivity index (χ0v) is 36.1. The van der Waals surface area contributed by atoms with E-state index in [1.54, 1.807) is 57.2 Å². The molecular weight excluding hydrogens is 769 g/mol. The van der Waals surface area contributed by atoms with Crippen LogP contribution in [0.15, 0.2) is 66.3 Å². The van der Waals surface area contributed by atoms with Crippen molar-refractivity contribution >= 4 is 29.8 Å². The third-order valence-corrected chi connectivity index (χ3v) is 10.5. The van der Waals surface area contributed by atoms with Crippen LogP contribution in [0.2, 0.25) is 0 Å². The second kappa shape index (κ2) is 22.9. The van der Waals surface area contributed by atoms with E-state index in [4.69, 9.17) is 18.9 Å². The van der Waals surface area contributed by atoms with Gasteiger partial charge in [0.05, 0.1) is 24.3 Å². The molecule has 1 heterocycles. The summed E-state index contributed by atoms with van der Waals surface area (Å²) in [5.41, 5.74) is 1.32. The lowest BCUT2D eigenvalue weighted by molar-refractivity contribution is -0.190. The number of aliphatic hydroxyl groups excluding tert-OH is 2. The van der Waals surface area contributed by atoms with E-state index in [9.17, 15) is 34.5 Å². The number of esters is 2. The lowest BCUT2D eigenvalue weighted by Crippen LogP contribution is -2.55. The summed E-state index contributed by atoms with van der Waals surface area (Å²) in [6.07, 6.45) is 9.14. The second-order valence-corrected chi connectivity index (χ2v) is 16.9. The topological polar surface area (TPSA) is 190 Å². The first-order valence-corrected chi connectivity index (χ1v) is 21.5. The third-order valence-electron chi connectivity index (χ3n) is 10.5. The first kappa shape index (κ1) is 48.1. The highest BCUT2D eigenvalue weighted by atomic mass is 16.8. The van der Waals surface area contributed by atoms with Crippen LogP contribution in [0.25, 0.3) is 6.08 Å². The minimum atomic E-state index is -1.42. The zero-order chi connectivity index (χ0) is 43.9. The van der Waals surface area contributed by atoms with Crippen molar-refractivity contribution in [2.45, 2.75) is 166 Å². The summed E-state index contributed by atoms with van der Waals surface area (Å²) in [5, 5.41) is 36.1. The summed E-state index contributed by atoms with van der Waals surface area (Å²) in [7, 11) is 0. The smallest absolute Gasteiger partial charge is 0.338 e. The first-order valence-electron chi connectivity index (χ1n) is 21.5. The first-order chi connectivity index (χ1) is 28.6. The van der Waals surface area contributed by atoms with Gasteiger partial charge in [0.1, 0.15) is 35.7 Å². The molecule has 0 aromatic heterocycles. The molecule has 2 aromatic carbocycles. The van der Waals surface area contributed by atoms with Crippen molar-refractivity contribution in [1.82, 2.24) is 10.6 Å². The molecule has 2 aromatic rings. The van der Waals surface area contributed by atoms with Gasteiger partial charge in [-0.15, -0.1) is 0 Å². The Labute approximate surface area is 354 Å². The zero-order valence-electron chi connectivity index (χ0n) is 36.1. The molecule has 1 aliphatic carbocycles. The molecule has 2 amide bonds. The molecule has 5 N–H and O–H groups in total. The monoisotopic (exact) mass is 834 g/mol. The van der Waals surface area contributed by atoms with Gasteiger partial charge in [-0.1, -0.05) is 82.0 Å². The molecule has 6 atom stereocenters. The van der Waals surface area contributed by atoms with Gasteiger partial charge in [0.2, 0.25) is 11.8 Å². The predicted octanol–water partition coefficient (Wildman–Crippen LogP) is 6.61. The van der Waals surface area contributed by atoms with Crippen molar-refractivity contribution in [2.75, 3.05) is 6.61 Å². The minimum Gasteiger partial charge on any atom is -0.508 e. The number of ether oxygens (including phenoxy) is 4. The molecule has 330 valence electrons. The number of nitrogens with one attached hydrogen (secondary N) is 2. The van der Waals surface area contributed by atoms with Gasteiger partial charge < -0.3 is 44.9 Å². The number of unbranched alkanes of at least 4 members (excludes halogenated alkanes) is 4. The van der Waals surface area contributed by atoms with Crippen molar-refractivity contribution in [1.29, 1.82) is 0 Å². The van der Waals surface area contributed by atoms with E-state index in [1.807, 2.05) is 30.4 Å². The maximum Gasteiger partial charge on any atom is 0.338 e. The average Bonchev–Trinajstić information content (AvgIpc) is 3.57. The second-order valence-electron chi connectivity index (χ2n) is 16.9. The molecule has 4 rings (SSSR count). The van der Waals surface area contributed by atoms with Gasteiger partial charge in [-0.05, 0) is 88.8 Å². The summed E-state index contributed by atoms with van der Waals surface area (Å²) in [6.45, 7) is 10.3. The fourth-order valence-corrected chi connectivity index (χ4v) is 7.40. The number of aromatic hydroxyl groups is 1. The summed E-state index contributed by atoms with van der Waals surface area (Å²) in [5.74, 6) is -3.25. The number of phenols is 1. The summed E-state index contributed by atoms with van der Waals surface area (Å²) in [6, 6.07) is 11.8. The van der Waals surface area contributed by atoms with Gasteiger partial charge in [-0.25, -0.2) is 4.79 Å². The average molecular weight is 835 g/mol. The van der Waals surface area contributed by atoms with Crippen LogP contribution < -0.4 is 10.6 Å². The molecule has 0 spiro atoms. The van der Waals surface area contributed by atoms with Crippen molar-refractivity contribution < 1.29 is 53.4 Å². The van der Waals surface area contributed by atoms with E-state index in [1.165, 1.54) is 6.92 Å². The number of hydrogen-bond acceptors (Lipinski definition) is 11. The Bertz CT molecular complexity index is 1790. The van der Waals surface area contributed by atoms with Crippen LogP contribution in [0, 0.1) is 0 Å². The summed E-state index contributed by atoms with van der Waals surface area (Å²) >= 11 is 0. The van der Waals surface area contributed by atoms with E-state index in [-0.39, 0.29) is 30.6 Å². The molecule has 13 heteroatoms. The number of allylic oxidation sites excluding steroid dienone is 1. The molecule has 1 aliphatic heterocycles. The largest absolute Gasteiger partial charge is 0.508 e. The number of amides is 2. The SMILES string of the molecule is CCCCCC1(CCCCC)OC2C=C(C(=O)NC(C(=O)NC(CO)CCC(=O)OC(C)(C)C)C(C)O)CC(OC(=O)c3cccc(C=CCc4ccccc4O)c3)C2O1. The van der Waals surface area contributed by atoms with Gasteiger partial charge in [0.25, 0.3) is 0 Å². The fourth-order valence-electron chi connectivity index (χ4n) is 7.40. The highest BCUT2D eigenvalue weighted by molar-refractivity contribution is 5.98. The molecule has 1 saturated heterocycles. The standard InChI is InChI=1S/C47H66N2O11/c1-7-9-13-25-47(26-14-10-8-2)58-39-29-35(43(54)49-41(31(3)51)44(55)48-36(30-50)23-24-40(53)59-46(4,5)6)28-38(42(39)60-47)57-45(56)34-21-16-18-32(27-34)17-15-20-33-19-11-12-22-37(33)52/h11-12,15-19,21-22,27,29,31,36,38-39,41-42,50-52H,7-10,13-14,20,23-26,28,30H2,1-6H3,(H,48,55)(H,49,54). The van der Waals surface area contributed by atoms with Gasteiger partial charge in [-0.2, -0.15) is 0 Å². The molecule has 0 saturated carbocycles. The van der Waals surface area contributed by atoms with Crippen molar-refractivity contribution in [3.8, 4) is 5.75 Å². The number of aliphatic hydroxyl groups is 2. The molecule has 0 bridgehead atoms. The molecule has 0 radical (unpaired) electrons. The van der Waals surface area contributed by atoms with Crippen LogP contribution in [0.1, 0.15) is 134 Å². The van der Waals surface area contributed by atoms with Crippen LogP contribution in [-0.4, -0.2) is 93.6 Å². The summed E-state index contributed by atoms with van der Waals surface area (Å²) < 4.78 is 25.0. The molecule has 1 fully saturated rings. The van der Waals surface area contributed by atoms with Crippen molar-refractivity contribution in [3.05, 3.63) is 82.9 Å². The minimum absolute atomic E-state index is 0.0500. The summed E-state index contributed by atoms with van der Waals surface area (Å²) in [4.78, 5) is 53.6. The van der Waals surface area contributed by atoms with E-state index < -0.39 is 78.2 Å². The molecule has 60 heavy (non-hydrogen) atoms. The lowest BCUT2D eigenvalue weighted by atomic mass is 9.91. The van der Waals surface area contributed by atoms with Crippen LogP contribution in [0.5, 0.6) is 5.75 Å². The molecule has 6 unspecified atom stereocenters. The molecule has 13 nitrogen and oxygen atoms in total. The van der Waals surface area contributed by atoms with Gasteiger partial charge in [-0.3, -0.25) is 14.4 Å². The third kappa shape index (κ3) is 14.6. The predicted molar refractivity (Wildman–Crippen MR) is 228 cm³/mol. The Morgan fingerprint density at radius 3 is 2.30 bits per heavy atom. The Morgan fingerprint density at radius 2 is 1.67 bits per heavy atom. The number of benzene rings is 2. The Hall–Kier alpha value is -4.56. The van der Waals surface area contributed by atoms with Crippen LogP contribution >= 0.6 is 0 Å². The van der Waals surface area contributed by atoms with Crippen LogP contribution in [0.3, 0.4) is 0 Å². The van der Waals surface area contributed by atoms with Crippen molar-refractivity contribution in [2.24, 2.45) is 0 Å². The van der Waals surface area contributed by atoms with E-state index in [0.29, 0.717) is 24.8 Å².